The quantitative estimate of drug-likeness (QED) is 0.232. The highest BCUT2D eigenvalue weighted by Crippen LogP contribution is 2.47. The highest BCUT2D eigenvalue weighted by molar-refractivity contribution is 7.99. The largest absolute Gasteiger partial charge is 0.440 e. The Bertz CT molecular complexity index is 1190. The number of hydrogen-bond acceptors (Lipinski definition) is 6. The number of oxazole rings is 1. The molecule has 6 nitrogen and oxygen atoms in total. The molecule has 1 aromatic carbocycles. The first kappa shape index (κ1) is 24.3. The van der Waals surface area contributed by atoms with E-state index in [2.05, 4.69) is 20.1 Å². The molecule has 3 aromatic rings. The van der Waals surface area contributed by atoms with Crippen LogP contribution in [-0.4, -0.2) is 49.5 Å². The summed E-state index contributed by atoms with van der Waals surface area (Å²) < 4.78 is 60.5. The molecule has 1 aliphatic heterocycles. The van der Waals surface area contributed by atoms with Crippen LogP contribution >= 0.6 is 11.8 Å². The number of hydrogen-bond donors (Lipinski definition) is 0. The third kappa shape index (κ3) is 4.84. The predicted molar refractivity (Wildman–Crippen MR) is 123 cm³/mol. The zero-order chi connectivity index (χ0) is 24.7. The van der Waals surface area contributed by atoms with Gasteiger partial charge in [0.05, 0.1) is 11.3 Å². The van der Waals surface area contributed by atoms with Crippen LogP contribution in [0, 0.1) is 18.7 Å². The van der Waals surface area contributed by atoms with Crippen LogP contribution in [0.5, 0.6) is 0 Å². The first-order valence-corrected chi connectivity index (χ1v) is 12.7. The van der Waals surface area contributed by atoms with Gasteiger partial charge >= 0.3 is 6.18 Å². The molecule has 1 saturated heterocycles. The van der Waals surface area contributed by atoms with E-state index in [1.807, 2.05) is 18.5 Å². The third-order valence-corrected chi connectivity index (χ3v) is 8.39. The van der Waals surface area contributed by atoms with Crippen molar-refractivity contribution in [2.75, 3.05) is 18.8 Å². The molecule has 0 spiro atoms. The number of aromatic nitrogens is 4. The van der Waals surface area contributed by atoms with Gasteiger partial charge in [-0.25, -0.2) is 9.37 Å². The summed E-state index contributed by atoms with van der Waals surface area (Å²) in [5.41, 5.74) is 0.261. The van der Waals surface area contributed by atoms with Gasteiger partial charge in [-0.05, 0) is 75.2 Å². The van der Waals surface area contributed by atoms with Crippen molar-refractivity contribution in [3.63, 3.8) is 0 Å². The van der Waals surface area contributed by atoms with Crippen LogP contribution in [0.3, 0.4) is 0 Å². The first-order chi connectivity index (χ1) is 16.7. The van der Waals surface area contributed by atoms with Gasteiger partial charge in [0, 0.05) is 18.8 Å². The number of halogens is 4. The fourth-order valence-corrected chi connectivity index (χ4v) is 6.34. The van der Waals surface area contributed by atoms with E-state index < -0.39 is 17.6 Å². The maximum atomic E-state index is 14.5. The summed E-state index contributed by atoms with van der Waals surface area (Å²) in [5, 5.41) is 9.33. The van der Waals surface area contributed by atoms with Gasteiger partial charge in [0.2, 0.25) is 5.82 Å². The average molecular weight is 510 g/mol. The second-order valence-electron chi connectivity index (χ2n) is 9.39. The summed E-state index contributed by atoms with van der Waals surface area (Å²) in [4.78, 5) is 6.57. The molecule has 0 radical (unpaired) electrons. The number of aryl methyl sites for hydroxylation is 1. The Labute approximate surface area is 205 Å². The van der Waals surface area contributed by atoms with E-state index in [4.69, 9.17) is 4.42 Å². The summed E-state index contributed by atoms with van der Waals surface area (Å²) >= 11 is 1.64. The van der Waals surface area contributed by atoms with Gasteiger partial charge in [0.15, 0.2) is 17.3 Å². The lowest BCUT2D eigenvalue weighted by Crippen LogP contribution is -2.31. The summed E-state index contributed by atoms with van der Waals surface area (Å²) in [6, 6.07) is 3.34. The molecule has 1 aliphatic carbocycles. The van der Waals surface area contributed by atoms with Crippen LogP contribution in [0.4, 0.5) is 17.6 Å². The Morgan fingerprint density at radius 2 is 2.03 bits per heavy atom. The molecular weight excluding hydrogens is 482 g/mol. The third-order valence-electron chi connectivity index (χ3n) is 7.29. The summed E-state index contributed by atoms with van der Waals surface area (Å²) in [6.45, 7) is 3.81. The summed E-state index contributed by atoms with van der Waals surface area (Å²) in [5.74, 6) is 1.86. The molecule has 35 heavy (non-hydrogen) atoms. The molecule has 3 heterocycles. The normalized spacial score (nSPS) is 22.7. The van der Waals surface area contributed by atoms with Gasteiger partial charge in [0.25, 0.3) is 0 Å². The molecule has 2 fully saturated rings. The molecule has 0 N–H and O–H groups in total. The van der Waals surface area contributed by atoms with Gasteiger partial charge in [-0.2, -0.15) is 13.2 Å². The number of fused-ring (bicyclic) bond motifs is 1. The highest BCUT2D eigenvalue weighted by atomic mass is 32.2. The second-order valence-corrected chi connectivity index (χ2v) is 10.5. The van der Waals surface area contributed by atoms with E-state index in [9.17, 15) is 17.6 Å². The minimum absolute atomic E-state index is 0.0268. The Morgan fingerprint density at radius 1 is 1.20 bits per heavy atom. The summed E-state index contributed by atoms with van der Waals surface area (Å²) in [6.07, 6.45) is 0.525. The van der Waals surface area contributed by atoms with E-state index in [-0.39, 0.29) is 5.92 Å². The number of nitrogens with zero attached hydrogens (tertiary/aromatic N) is 5. The van der Waals surface area contributed by atoms with E-state index in [1.54, 1.807) is 11.8 Å². The van der Waals surface area contributed by atoms with Crippen molar-refractivity contribution >= 4 is 11.8 Å². The Hall–Kier alpha value is -2.40. The van der Waals surface area contributed by atoms with Crippen LogP contribution in [0.25, 0.3) is 11.6 Å². The molecular formula is C24H27F4N5OS. The average Bonchev–Trinajstić information content (AvgIpc) is 3.57. The van der Waals surface area contributed by atoms with Crippen molar-refractivity contribution in [1.29, 1.82) is 0 Å². The van der Waals surface area contributed by atoms with Gasteiger partial charge in [-0.3, -0.25) is 0 Å². The van der Waals surface area contributed by atoms with E-state index in [0.29, 0.717) is 35.2 Å². The Morgan fingerprint density at radius 3 is 2.74 bits per heavy atom. The van der Waals surface area contributed by atoms with Crippen molar-refractivity contribution in [3.05, 3.63) is 47.2 Å². The molecule has 1 unspecified atom stereocenters. The van der Waals surface area contributed by atoms with Crippen LogP contribution in [0.1, 0.15) is 48.4 Å². The zero-order valence-electron chi connectivity index (χ0n) is 19.6. The van der Waals surface area contributed by atoms with Crippen molar-refractivity contribution in [1.82, 2.24) is 24.6 Å². The number of likely N-dealkylation sites (tertiary alicyclic amines) is 1. The van der Waals surface area contributed by atoms with Crippen molar-refractivity contribution < 1.29 is 22.0 Å². The van der Waals surface area contributed by atoms with Crippen LogP contribution in [0.2, 0.25) is 0 Å². The van der Waals surface area contributed by atoms with E-state index in [1.165, 1.54) is 12.5 Å². The standard InChI is InChI=1S/C24H27F4N5OS/c1-14-21(34-13-29-14)22-30-31-23(32(22)2)35-9-3-7-33-8-6-15-10-16(11-20(15)33)18-5-4-17(12-19(18)25)24(26,27)28/h4-5,12-13,15-16,20H,3,6-11H2,1-2H3/t15-,16+,20?/m1/s1. The fraction of sp³-hybridized carbons (Fsp3) is 0.542. The van der Waals surface area contributed by atoms with Crippen molar-refractivity contribution in [3.8, 4) is 11.6 Å². The summed E-state index contributed by atoms with van der Waals surface area (Å²) in [7, 11) is 1.91. The van der Waals surface area contributed by atoms with Crippen molar-refractivity contribution in [2.24, 2.45) is 13.0 Å². The second kappa shape index (κ2) is 9.57. The van der Waals surface area contributed by atoms with Gasteiger partial charge in [-0.1, -0.05) is 17.8 Å². The number of thioether (sulfide) groups is 1. The smallest absolute Gasteiger partial charge is 0.416 e. The Kier molecular flexibility index (Phi) is 6.65. The molecule has 1 saturated carbocycles. The predicted octanol–water partition coefficient (Wildman–Crippen LogP) is 5.69. The van der Waals surface area contributed by atoms with Crippen LogP contribution in [0.15, 0.2) is 34.2 Å². The molecule has 0 amide bonds. The van der Waals surface area contributed by atoms with Gasteiger partial charge in [0.1, 0.15) is 5.82 Å². The minimum Gasteiger partial charge on any atom is -0.440 e. The first-order valence-electron chi connectivity index (χ1n) is 11.8. The van der Waals surface area contributed by atoms with Crippen LogP contribution in [-0.2, 0) is 13.2 Å². The molecule has 188 valence electrons. The molecule has 2 aromatic heterocycles. The van der Waals surface area contributed by atoms with Gasteiger partial charge < -0.3 is 13.9 Å². The maximum absolute atomic E-state index is 14.5. The molecule has 5 rings (SSSR count). The lowest BCUT2D eigenvalue weighted by molar-refractivity contribution is -0.137. The molecule has 11 heteroatoms. The number of rotatable bonds is 7. The zero-order valence-corrected chi connectivity index (χ0v) is 20.4. The number of benzene rings is 1. The number of alkyl halides is 3. The monoisotopic (exact) mass is 509 g/mol. The topological polar surface area (TPSA) is 60.0 Å². The van der Waals surface area contributed by atoms with E-state index in [0.717, 1.165) is 61.4 Å². The maximum Gasteiger partial charge on any atom is 0.416 e. The van der Waals surface area contributed by atoms with Crippen molar-refractivity contribution in [2.45, 2.75) is 55.9 Å². The lowest BCUT2D eigenvalue weighted by Gasteiger charge is -2.24. The Balaban J connectivity index is 1.14. The van der Waals surface area contributed by atoms with Gasteiger partial charge in [-0.15, -0.1) is 10.2 Å². The van der Waals surface area contributed by atoms with Crippen LogP contribution < -0.4 is 0 Å². The highest BCUT2D eigenvalue weighted by Gasteiger charge is 2.43. The lowest BCUT2D eigenvalue weighted by atomic mass is 9.94. The minimum atomic E-state index is -4.53. The molecule has 0 bridgehead atoms. The fourth-order valence-electron chi connectivity index (χ4n) is 5.51. The van der Waals surface area contributed by atoms with E-state index >= 15 is 0 Å². The molecule has 2 aliphatic rings. The molecule has 3 atom stereocenters. The SMILES string of the molecule is Cc1ncoc1-c1nnc(SCCCN2CC[C@@H]3C[C@H](c4ccc(C(F)(F)F)cc4F)CC32)n1C.